The number of nitrogens with zero attached hydrogens (tertiary/aromatic N) is 3. The van der Waals surface area contributed by atoms with E-state index < -0.39 is 0 Å². The Labute approximate surface area is 180 Å². The zero-order valence-corrected chi connectivity index (χ0v) is 19.4. The molecule has 0 bridgehead atoms. The zero-order valence-electron chi connectivity index (χ0n) is 17.1. The zero-order chi connectivity index (χ0) is 18.9. The quantitative estimate of drug-likeness (QED) is 0.341. The van der Waals surface area contributed by atoms with E-state index in [4.69, 9.17) is 14.5 Å². The van der Waals surface area contributed by atoms with Gasteiger partial charge in [-0.2, -0.15) is 0 Å². The SMILES string of the molecule is CCNC(=NCC(C)N1CCOCC1C)NC1CCN(C(=O)OC)CC1.I. The van der Waals surface area contributed by atoms with Crippen molar-refractivity contribution in [2.45, 2.75) is 51.7 Å². The Bertz CT molecular complexity index is 472. The lowest BCUT2D eigenvalue weighted by Gasteiger charge is -2.37. The topological polar surface area (TPSA) is 78.4 Å². The lowest BCUT2D eigenvalue weighted by Crippen LogP contribution is -2.51. The van der Waals surface area contributed by atoms with Crippen LogP contribution in [0.4, 0.5) is 4.79 Å². The Morgan fingerprint density at radius 1 is 1.33 bits per heavy atom. The maximum Gasteiger partial charge on any atom is 0.409 e. The minimum atomic E-state index is -0.238. The summed E-state index contributed by atoms with van der Waals surface area (Å²) in [6.45, 7) is 12.1. The summed E-state index contributed by atoms with van der Waals surface area (Å²) in [4.78, 5) is 20.6. The highest BCUT2D eigenvalue weighted by Crippen LogP contribution is 2.12. The first-order valence-electron chi connectivity index (χ1n) is 9.76. The highest BCUT2D eigenvalue weighted by Gasteiger charge is 2.25. The number of carbonyl (C=O) groups excluding carboxylic acids is 1. The summed E-state index contributed by atoms with van der Waals surface area (Å²) < 4.78 is 10.3. The fourth-order valence-corrected chi connectivity index (χ4v) is 3.57. The van der Waals surface area contributed by atoms with Gasteiger partial charge >= 0.3 is 6.09 Å². The minimum Gasteiger partial charge on any atom is -0.453 e. The molecule has 0 spiro atoms. The van der Waals surface area contributed by atoms with E-state index in [9.17, 15) is 4.79 Å². The largest absolute Gasteiger partial charge is 0.453 e. The number of rotatable bonds is 5. The molecule has 0 aromatic carbocycles. The normalized spacial score (nSPS) is 23.3. The van der Waals surface area contributed by atoms with Crippen molar-refractivity contribution >= 4 is 36.0 Å². The van der Waals surface area contributed by atoms with Crippen LogP contribution in [0.2, 0.25) is 0 Å². The molecule has 0 radical (unpaired) electrons. The number of likely N-dealkylation sites (tertiary alicyclic amines) is 1. The number of amides is 1. The van der Waals surface area contributed by atoms with Crippen LogP contribution in [-0.2, 0) is 9.47 Å². The lowest BCUT2D eigenvalue weighted by molar-refractivity contribution is -0.0165. The smallest absolute Gasteiger partial charge is 0.409 e. The number of hydrogen-bond donors (Lipinski definition) is 2. The fraction of sp³-hybridized carbons (Fsp3) is 0.889. The molecule has 0 saturated carbocycles. The standard InChI is InChI=1S/C18H35N5O3.HI/c1-5-19-17(20-12-14(2)23-10-11-26-13-15(23)3)21-16-6-8-22(9-7-16)18(24)25-4;/h14-16H,5-13H2,1-4H3,(H2,19,20,21);1H. The monoisotopic (exact) mass is 497 g/mol. The van der Waals surface area contributed by atoms with E-state index in [2.05, 4.69) is 36.3 Å². The van der Waals surface area contributed by atoms with Crippen molar-refractivity contribution in [1.29, 1.82) is 0 Å². The highest BCUT2D eigenvalue weighted by atomic mass is 127. The number of morpholine rings is 1. The Morgan fingerprint density at radius 2 is 2.04 bits per heavy atom. The van der Waals surface area contributed by atoms with Crippen LogP contribution in [0.5, 0.6) is 0 Å². The first-order valence-corrected chi connectivity index (χ1v) is 9.76. The van der Waals surface area contributed by atoms with E-state index in [1.165, 1.54) is 7.11 Å². The summed E-state index contributed by atoms with van der Waals surface area (Å²) in [7, 11) is 1.43. The Hall–Kier alpha value is -0.810. The van der Waals surface area contributed by atoms with Crippen molar-refractivity contribution < 1.29 is 14.3 Å². The molecule has 2 rings (SSSR count). The first-order chi connectivity index (χ1) is 12.5. The average Bonchev–Trinajstić information content (AvgIpc) is 2.66. The third-order valence-corrected chi connectivity index (χ3v) is 5.11. The van der Waals surface area contributed by atoms with E-state index in [1.807, 2.05) is 0 Å². The number of halogens is 1. The molecule has 8 nitrogen and oxygen atoms in total. The van der Waals surface area contributed by atoms with Gasteiger partial charge in [0.2, 0.25) is 0 Å². The van der Waals surface area contributed by atoms with Crippen LogP contribution in [0.3, 0.4) is 0 Å². The number of nitrogens with one attached hydrogen (secondary N) is 2. The lowest BCUT2D eigenvalue weighted by atomic mass is 10.1. The predicted molar refractivity (Wildman–Crippen MR) is 118 cm³/mol. The molecule has 158 valence electrons. The molecule has 2 heterocycles. The maximum absolute atomic E-state index is 11.6. The molecule has 2 fully saturated rings. The van der Waals surface area contributed by atoms with Crippen molar-refractivity contribution in [3.63, 3.8) is 0 Å². The van der Waals surface area contributed by atoms with E-state index in [0.29, 0.717) is 31.2 Å². The van der Waals surface area contributed by atoms with Crippen molar-refractivity contribution in [2.24, 2.45) is 4.99 Å². The number of guanidine groups is 1. The third kappa shape index (κ3) is 7.61. The molecule has 27 heavy (non-hydrogen) atoms. The van der Waals surface area contributed by atoms with Gasteiger partial charge in [0.05, 0.1) is 26.9 Å². The first kappa shape index (κ1) is 24.2. The predicted octanol–water partition coefficient (Wildman–Crippen LogP) is 1.50. The van der Waals surface area contributed by atoms with Gasteiger partial charge in [-0.05, 0) is 33.6 Å². The van der Waals surface area contributed by atoms with Crippen LogP contribution in [0, 0.1) is 0 Å². The molecular formula is C18H36IN5O3. The van der Waals surface area contributed by atoms with Gasteiger partial charge in [0.25, 0.3) is 0 Å². The van der Waals surface area contributed by atoms with Crippen molar-refractivity contribution in [2.75, 3.05) is 53.0 Å². The van der Waals surface area contributed by atoms with Crippen LogP contribution in [0.1, 0.15) is 33.6 Å². The molecule has 2 atom stereocenters. The second kappa shape index (κ2) is 12.6. The highest BCUT2D eigenvalue weighted by molar-refractivity contribution is 14.0. The number of piperidine rings is 1. The van der Waals surface area contributed by atoms with Crippen LogP contribution >= 0.6 is 24.0 Å². The summed E-state index contributed by atoms with van der Waals surface area (Å²) >= 11 is 0. The Morgan fingerprint density at radius 3 is 2.63 bits per heavy atom. The van der Waals surface area contributed by atoms with Gasteiger partial charge in [-0.15, -0.1) is 24.0 Å². The maximum atomic E-state index is 11.6. The molecule has 2 N–H and O–H groups in total. The second-order valence-corrected chi connectivity index (χ2v) is 7.11. The average molecular weight is 497 g/mol. The van der Waals surface area contributed by atoms with Crippen molar-refractivity contribution in [3.05, 3.63) is 0 Å². The van der Waals surface area contributed by atoms with Gasteiger partial charge in [0.15, 0.2) is 5.96 Å². The molecule has 2 aliphatic rings. The third-order valence-electron chi connectivity index (χ3n) is 5.11. The minimum absolute atomic E-state index is 0. The number of methoxy groups -OCH3 is 1. The van der Waals surface area contributed by atoms with Gasteiger partial charge in [-0.1, -0.05) is 0 Å². The van der Waals surface area contributed by atoms with Crippen LogP contribution in [-0.4, -0.2) is 93.0 Å². The van der Waals surface area contributed by atoms with E-state index in [0.717, 1.165) is 51.6 Å². The summed E-state index contributed by atoms with van der Waals surface area (Å²) in [6.07, 6.45) is 1.56. The summed E-state index contributed by atoms with van der Waals surface area (Å²) in [5, 5.41) is 6.86. The van der Waals surface area contributed by atoms with Gasteiger partial charge in [0, 0.05) is 44.3 Å². The summed E-state index contributed by atoms with van der Waals surface area (Å²) in [5.41, 5.74) is 0. The van der Waals surface area contributed by atoms with Crippen LogP contribution in [0.15, 0.2) is 4.99 Å². The molecular weight excluding hydrogens is 461 g/mol. The molecule has 2 unspecified atom stereocenters. The Kier molecular flexibility index (Phi) is 11.3. The molecule has 0 aromatic heterocycles. The number of carbonyl (C=O) groups is 1. The molecule has 1 amide bonds. The van der Waals surface area contributed by atoms with E-state index in [1.54, 1.807) is 4.90 Å². The molecule has 2 saturated heterocycles. The number of aliphatic imine (C=N–C) groups is 1. The van der Waals surface area contributed by atoms with E-state index >= 15 is 0 Å². The summed E-state index contributed by atoms with van der Waals surface area (Å²) in [5.74, 6) is 0.858. The van der Waals surface area contributed by atoms with Gasteiger partial charge in [-0.25, -0.2) is 4.79 Å². The van der Waals surface area contributed by atoms with Crippen molar-refractivity contribution in [1.82, 2.24) is 20.4 Å². The summed E-state index contributed by atoms with van der Waals surface area (Å²) in [6, 6.07) is 1.14. The van der Waals surface area contributed by atoms with Gasteiger partial charge < -0.3 is 25.0 Å². The molecule has 0 aliphatic carbocycles. The molecule has 0 aromatic rings. The Balaban J connectivity index is 0.00000364. The van der Waals surface area contributed by atoms with E-state index in [-0.39, 0.29) is 30.1 Å². The fourth-order valence-electron chi connectivity index (χ4n) is 3.57. The second-order valence-electron chi connectivity index (χ2n) is 7.11. The van der Waals surface area contributed by atoms with Crippen molar-refractivity contribution in [3.8, 4) is 0 Å². The van der Waals surface area contributed by atoms with Gasteiger partial charge in [-0.3, -0.25) is 9.89 Å². The van der Waals surface area contributed by atoms with Crippen LogP contribution < -0.4 is 10.6 Å². The number of hydrogen-bond acceptors (Lipinski definition) is 5. The number of ether oxygens (including phenoxy) is 2. The molecule has 2 aliphatic heterocycles. The molecule has 9 heteroatoms. The van der Waals surface area contributed by atoms with Gasteiger partial charge in [0.1, 0.15) is 0 Å². The van der Waals surface area contributed by atoms with Crippen LogP contribution in [0.25, 0.3) is 0 Å².